The minimum Gasteiger partial charge on any atom is -0.299 e. The van der Waals surface area contributed by atoms with E-state index in [2.05, 4.69) is 0 Å². The van der Waals surface area contributed by atoms with Crippen molar-refractivity contribution in [2.75, 3.05) is 0 Å². The number of hydrogen-bond donors (Lipinski definition) is 0. The van der Waals surface area contributed by atoms with E-state index in [0.29, 0.717) is 10.6 Å². The second-order valence-electron chi connectivity index (χ2n) is 3.07. The number of carbonyl (C=O) groups is 1. The van der Waals surface area contributed by atoms with E-state index in [0.717, 1.165) is 0 Å². The third-order valence-corrected chi connectivity index (χ3v) is 2.35. The van der Waals surface area contributed by atoms with Gasteiger partial charge in [-0.1, -0.05) is 17.7 Å². The lowest BCUT2D eigenvalue weighted by Crippen LogP contribution is -2.00. The average Bonchev–Trinajstić information content (AvgIpc) is 2.17. The normalized spacial score (nSPS) is 9.67. The largest absolute Gasteiger partial charge is 0.299 e. The summed E-state index contributed by atoms with van der Waals surface area (Å²) in [5.74, 6) is -0.607. The Morgan fingerprint density at radius 3 is 2.87 bits per heavy atom. The van der Waals surface area contributed by atoms with E-state index in [4.69, 9.17) is 16.9 Å². The number of rotatable bonds is 4. The van der Waals surface area contributed by atoms with Crippen LogP contribution in [0.5, 0.6) is 0 Å². The third-order valence-electron chi connectivity index (χ3n) is 1.99. The fourth-order valence-electron chi connectivity index (χ4n) is 1.21. The Labute approximate surface area is 92.3 Å². The first kappa shape index (κ1) is 11.7. The summed E-state index contributed by atoms with van der Waals surface area (Å²) in [7, 11) is 0. The lowest BCUT2D eigenvalue weighted by molar-refractivity contribution is -0.118. The van der Waals surface area contributed by atoms with Crippen molar-refractivity contribution in [3.8, 4) is 6.07 Å². The molecule has 0 spiro atoms. The fraction of sp³-hybridized carbons (Fsp3) is 0.273. The zero-order chi connectivity index (χ0) is 11.3. The number of carbonyl (C=O) groups excluding carboxylic acids is 1. The predicted octanol–water partition coefficient (Wildman–Crippen LogP) is 2.89. The Morgan fingerprint density at radius 2 is 2.27 bits per heavy atom. The van der Waals surface area contributed by atoms with E-state index in [1.807, 2.05) is 0 Å². The van der Waals surface area contributed by atoms with Gasteiger partial charge in [-0.2, -0.15) is 5.26 Å². The summed E-state index contributed by atoms with van der Waals surface area (Å²) in [6.07, 6.45) is 0.256. The highest BCUT2D eigenvalue weighted by molar-refractivity contribution is 6.31. The molecule has 0 radical (unpaired) electrons. The number of nitrogens with zero attached hydrogens (tertiary/aromatic N) is 1. The first-order valence-corrected chi connectivity index (χ1v) is 4.84. The second kappa shape index (κ2) is 5.47. The molecular weight excluding hydrogens is 217 g/mol. The highest BCUT2D eigenvalue weighted by Crippen LogP contribution is 2.20. The van der Waals surface area contributed by atoms with Crippen LogP contribution in [0.4, 0.5) is 4.39 Å². The molecule has 15 heavy (non-hydrogen) atoms. The van der Waals surface area contributed by atoms with Gasteiger partial charge in [0.1, 0.15) is 11.6 Å². The molecule has 78 valence electrons. The van der Waals surface area contributed by atoms with E-state index < -0.39 is 5.82 Å². The van der Waals surface area contributed by atoms with Gasteiger partial charge in [0, 0.05) is 17.0 Å². The first-order chi connectivity index (χ1) is 7.15. The van der Waals surface area contributed by atoms with E-state index in [1.54, 1.807) is 12.1 Å². The smallest absolute Gasteiger partial charge is 0.147 e. The van der Waals surface area contributed by atoms with Gasteiger partial charge in [-0.3, -0.25) is 4.79 Å². The SMILES string of the molecule is N#CCC(=O)CCc1c(F)cccc1Cl. The average molecular weight is 226 g/mol. The Balaban J connectivity index is 2.66. The molecule has 1 rings (SSSR count). The maximum absolute atomic E-state index is 13.2. The molecule has 0 aromatic heterocycles. The van der Waals surface area contributed by atoms with Gasteiger partial charge in [0.15, 0.2) is 0 Å². The molecule has 0 fully saturated rings. The van der Waals surface area contributed by atoms with Crippen molar-refractivity contribution in [3.63, 3.8) is 0 Å². The minimum absolute atomic E-state index is 0.133. The van der Waals surface area contributed by atoms with Gasteiger partial charge in [0.05, 0.1) is 12.5 Å². The van der Waals surface area contributed by atoms with Gasteiger partial charge >= 0.3 is 0 Å². The summed E-state index contributed by atoms with van der Waals surface area (Å²) in [6, 6.07) is 6.15. The number of ketones is 1. The molecule has 0 saturated heterocycles. The molecule has 0 atom stereocenters. The number of halogens is 2. The number of nitriles is 1. The highest BCUT2D eigenvalue weighted by atomic mass is 35.5. The van der Waals surface area contributed by atoms with Gasteiger partial charge in [-0.25, -0.2) is 4.39 Å². The van der Waals surface area contributed by atoms with Crippen LogP contribution in [0.3, 0.4) is 0 Å². The van der Waals surface area contributed by atoms with Crippen LogP contribution in [-0.4, -0.2) is 5.78 Å². The zero-order valence-electron chi connectivity index (χ0n) is 7.96. The molecule has 4 heteroatoms. The summed E-state index contributed by atoms with van der Waals surface area (Å²) in [5.41, 5.74) is 0.338. The molecule has 0 amide bonds. The predicted molar refractivity (Wildman–Crippen MR) is 55.0 cm³/mol. The summed E-state index contributed by atoms with van der Waals surface area (Å²) in [4.78, 5) is 11.1. The van der Waals surface area contributed by atoms with Crippen LogP contribution in [-0.2, 0) is 11.2 Å². The van der Waals surface area contributed by atoms with E-state index in [9.17, 15) is 9.18 Å². The number of benzene rings is 1. The lowest BCUT2D eigenvalue weighted by atomic mass is 10.1. The van der Waals surface area contributed by atoms with Gasteiger partial charge in [0.25, 0.3) is 0 Å². The topological polar surface area (TPSA) is 40.9 Å². The fourth-order valence-corrected chi connectivity index (χ4v) is 1.47. The molecule has 0 aliphatic carbocycles. The summed E-state index contributed by atoms with van der Waals surface area (Å²) < 4.78 is 13.2. The molecule has 1 aromatic carbocycles. The van der Waals surface area contributed by atoms with Crippen molar-refractivity contribution in [3.05, 3.63) is 34.6 Å². The first-order valence-electron chi connectivity index (χ1n) is 4.46. The van der Waals surface area contributed by atoms with Crippen molar-refractivity contribution in [2.24, 2.45) is 0 Å². The summed E-state index contributed by atoms with van der Waals surface area (Å²) in [6.45, 7) is 0. The van der Waals surface area contributed by atoms with Crippen LogP contribution in [0, 0.1) is 17.1 Å². The Kier molecular flexibility index (Phi) is 4.26. The second-order valence-corrected chi connectivity index (χ2v) is 3.48. The molecule has 0 heterocycles. The highest BCUT2D eigenvalue weighted by Gasteiger charge is 2.09. The van der Waals surface area contributed by atoms with Gasteiger partial charge < -0.3 is 0 Å². The monoisotopic (exact) mass is 225 g/mol. The van der Waals surface area contributed by atoms with Crippen LogP contribution < -0.4 is 0 Å². The van der Waals surface area contributed by atoms with Gasteiger partial charge in [-0.15, -0.1) is 0 Å². The molecule has 2 nitrogen and oxygen atoms in total. The number of hydrogen-bond acceptors (Lipinski definition) is 2. The van der Waals surface area contributed by atoms with Crippen LogP contribution in [0.25, 0.3) is 0 Å². The molecule has 0 aliphatic heterocycles. The molecule has 0 aliphatic rings. The lowest BCUT2D eigenvalue weighted by Gasteiger charge is -2.03. The zero-order valence-corrected chi connectivity index (χ0v) is 8.72. The van der Waals surface area contributed by atoms with Crippen molar-refractivity contribution in [2.45, 2.75) is 19.3 Å². The van der Waals surface area contributed by atoms with Crippen LogP contribution in [0.15, 0.2) is 18.2 Å². The van der Waals surface area contributed by atoms with E-state index in [-0.39, 0.29) is 25.0 Å². The van der Waals surface area contributed by atoms with Gasteiger partial charge in [0.2, 0.25) is 0 Å². The molecule has 0 saturated carbocycles. The summed E-state index contributed by atoms with van der Waals surface area (Å²) in [5, 5.41) is 8.59. The van der Waals surface area contributed by atoms with Crippen molar-refractivity contribution >= 4 is 17.4 Å². The molecule has 0 unspecified atom stereocenters. The minimum atomic E-state index is -0.410. The molecule has 0 N–H and O–H groups in total. The van der Waals surface area contributed by atoms with Gasteiger partial charge in [-0.05, 0) is 18.6 Å². The Morgan fingerprint density at radius 1 is 1.53 bits per heavy atom. The third kappa shape index (κ3) is 3.34. The molecule has 0 bridgehead atoms. The van der Waals surface area contributed by atoms with E-state index in [1.165, 1.54) is 12.1 Å². The van der Waals surface area contributed by atoms with Crippen molar-refractivity contribution in [1.82, 2.24) is 0 Å². The van der Waals surface area contributed by atoms with Crippen molar-refractivity contribution in [1.29, 1.82) is 5.26 Å². The Bertz CT molecular complexity index is 391. The van der Waals surface area contributed by atoms with Crippen molar-refractivity contribution < 1.29 is 9.18 Å². The maximum atomic E-state index is 13.2. The maximum Gasteiger partial charge on any atom is 0.147 e. The summed E-state index contributed by atoms with van der Waals surface area (Å²) >= 11 is 5.77. The van der Waals surface area contributed by atoms with Crippen LogP contribution >= 0.6 is 11.6 Å². The van der Waals surface area contributed by atoms with Crippen LogP contribution in [0.2, 0.25) is 5.02 Å². The van der Waals surface area contributed by atoms with Crippen LogP contribution in [0.1, 0.15) is 18.4 Å². The number of Topliss-reactive ketones (excluding diaryl/α,β-unsaturated/α-hetero) is 1. The molecular formula is C11H9ClFNO. The molecule has 1 aromatic rings. The standard InChI is InChI=1S/C11H9ClFNO/c12-10-2-1-3-11(13)9(10)5-4-8(15)6-7-14/h1-3H,4-6H2. The van der Waals surface area contributed by atoms with E-state index >= 15 is 0 Å². The quantitative estimate of drug-likeness (QED) is 0.791. The Hall–Kier alpha value is -1.40.